The molecule has 98 valence electrons. The van der Waals surface area contributed by atoms with Gasteiger partial charge in [0, 0.05) is 5.56 Å². The van der Waals surface area contributed by atoms with Crippen molar-refractivity contribution in [2.45, 2.75) is 6.54 Å². The highest BCUT2D eigenvalue weighted by Gasteiger charge is 2.13. The number of fused-ring (bicyclic) bond motifs is 1. The number of benzene rings is 2. The highest BCUT2D eigenvalue weighted by Crippen LogP contribution is 2.30. The van der Waals surface area contributed by atoms with Crippen LogP contribution in [0.5, 0.6) is 0 Å². The minimum Gasteiger partial charge on any atom is -0.310 e. The van der Waals surface area contributed by atoms with Crippen molar-refractivity contribution >= 4 is 34.2 Å². The van der Waals surface area contributed by atoms with Crippen LogP contribution < -0.4 is 0 Å². The third kappa shape index (κ3) is 2.14. The summed E-state index contributed by atoms with van der Waals surface area (Å²) in [5.74, 6) is 0.714. The fourth-order valence-electron chi connectivity index (χ4n) is 2.16. The van der Waals surface area contributed by atoms with Crippen LogP contribution in [0.15, 0.2) is 42.5 Å². The Kier molecular flexibility index (Phi) is 3.35. The van der Waals surface area contributed by atoms with Gasteiger partial charge in [-0.3, -0.25) is 0 Å². The SMILES string of the molecule is N#CCn1c(-c2ccc(Cl)c(Cl)c2)nc2ccccc21. The van der Waals surface area contributed by atoms with Crippen molar-refractivity contribution in [3.63, 3.8) is 0 Å². The van der Waals surface area contributed by atoms with Crippen molar-refractivity contribution in [3.8, 4) is 17.5 Å². The molecule has 3 aromatic rings. The molecule has 0 unspecified atom stereocenters. The average molecular weight is 302 g/mol. The van der Waals surface area contributed by atoms with E-state index in [9.17, 15) is 0 Å². The van der Waals surface area contributed by atoms with Crippen molar-refractivity contribution in [3.05, 3.63) is 52.5 Å². The Hall–Kier alpha value is -2.02. The van der Waals surface area contributed by atoms with E-state index in [0.717, 1.165) is 16.6 Å². The highest BCUT2D eigenvalue weighted by molar-refractivity contribution is 6.42. The number of nitriles is 1. The van der Waals surface area contributed by atoms with Gasteiger partial charge in [0.1, 0.15) is 12.4 Å². The van der Waals surface area contributed by atoms with E-state index in [4.69, 9.17) is 28.5 Å². The number of rotatable bonds is 2. The molecule has 20 heavy (non-hydrogen) atoms. The second-order valence-electron chi connectivity index (χ2n) is 4.30. The van der Waals surface area contributed by atoms with Gasteiger partial charge in [0.05, 0.1) is 27.1 Å². The summed E-state index contributed by atoms with van der Waals surface area (Å²) in [6.07, 6.45) is 0. The van der Waals surface area contributed by atoms with E-state index in [2.05, 4.69) is 11.1 Å². The van der Waals surface area contributed by atoms with Crippen molar-refractivity contribution < 1.29 is 0 Å². The summed E-state index contributed by atoms with van der Waals surface area (Å²) in [6, 6.07) is 15.2. The van der Waals surface area contributed by atoms with E-state index in [0.29, 0.717) is 15.9 Å². The van der Waals surface area contributed by atoms with Crippen molar-refractivity contribution in [2.75, 3.05) is 0 Å². The predicted molar refractivity (Wildman–Crippen MR) is 80.8 cm³/mol. The lowest BCUT2D eigenvalue weighted by molar-refractivity contribution is 0.870. The van der Waals surface area contributed by atoms with Crippen LogP contribution in [0.25, 0.3) is 22.4 Å². The number of halogens is 2. The molecule has 0 aliphatic carbocycles. The minimum absolute atomic E-state index is 0.232. The van der Waals surface area contributed by atoms with E-state index in [1.807, 2.05) is 34.9 Å². The molecule has 0 saturated carbocycles. The maximum atomic E-state index is 9.02. The molecule has 0 atom stereocenters. The standard InChI is InChI=1S/C15H9Cl2N3/c16-11-6-5-10(9-12(11)17)15-19-13-3-1-2-4-14(13)20(15)8-7-18/h1-6,9H,8H2. The molecular weight excluding hydrogens is 293 g/mol. The number of para-hydroxylation sites is 2. The first-order chi connectivity index (χ1) is 9.70. The summed E-state index contributed by atoms with van der Waals surface area (Å²) < 4.78 is 1.87. The van der Waals surface area contributed by atoms with Gasteiger partial charge in [-0.25, -0.2) is 4.98 Å². The third-order valence-electron chi connectivity index (χ3n) is 3.06. The first-order valence-electron chi connectivity index (χ1n) is 5.98. The Morgan fingerprint density at radius 2 is 1.90 bits per heavy atom. The van der Waals surface area contributed by atoms with Crippen LogP contribution >= 0.6 is 23.2 Å². The molecule has 5 heteroatoms. The van der Waals surface area contributed by atoms with Crippen molar-refractivity contribution in [2.24, 2.45) is 0 Å². The minimum atomic E-state index is 0.232. The van der Waals surface area contributed by atoms with Crippen LogP contribution in [-0.2, 0) is 6.54 Å². The molecule has 2 aromatic carbocycles. The van der Waals surface area contributed by atoms with Gasteiger partial charge in [0.2, 0.25) is 0 Å². The highest BCUT2D eigenvalue weighted by atomic mass is 35.5. The number of imidazole rings is 1. The van der Waals surface area contributed by atoms with Crippen LogP contribution in [0, 0.1) is 11.3 Å². The summed E-state index contributed by atoms with van der Waals surface area (Å²) in [6.45, 7) is 0.232. The van der Waals surface area contributed by atoms with Crippen LogP contribution in [0.4, 0.5) is 0 Å². The molecule has 0 saturated heterocycles. The van der Waals surface area contributed by atoms with Crippen LogP contribution in [0.3, 0.4) is 0 Å². The Morgan fingerprint density at radius 3 is 2.65 bits per heavy atom. The zero-order valence-corrected chi connectivity index (χ0v) is 11.9. The van der Waals surface area contributed by atoms with Crippen LogP contribution in [0.2, 0.25) is 10.0 Å². The Labute approximate surface area is 126 Å². The second kappa shape index (κ2) is 5.16. The van der Waals surface area contributed by atoms with Gasteiger partial charge in [-0.15, -0.1) is 0 Å². The van der Waals surface area contributed by atoms with E-state index >= 15 is 0 Å². The number of nitrogens with zero attached hydrogens (tertiary/aromatic N) is 3. The molecule has 0 aliphatic rings. The van der Waals surface area contributed by atoms with Crippen LogP contribution in [0.1, 0.15) is 0 Å². The molecule has 1 aromatic heterocycles. The van der Waals surface area contributed by atoms with E-state index in [1.54, 1.807) is 12.1 Å². The monoisotopic (exact) mass is 301 g/mol. The van der Waals surface area contributed by atoms with E-state index in [1.165, 1.54) is 0 Å². The Morgan fingerprint density at radius 1 is 1.10 bits per heavy atom. The predicted octanol–water partition coefficient (Wildman–Crippen LogP) is 4.53. The summed E-state index contributed by atoms with van der Waals surface area (Å²) in [5, 5.41) is 9.99. The second-order valence-corrected chi connectivity index (χ2v) is 5.11. The average Bonchev–Trinajstić information content (AvgIpc) is 2.82. The van der Waals surface area contributed by atoms with Gasteiger partial charge < -0.3 is 4.57 Å². The summed E-state index contributed by atoms with van der Waals surface area (Å²) >= 11 is 12.0. The normalized spacial score (nSPS) is 10.7. The molecule has 0 aliphatic heterocycles. The zero-order valence-electron chi connectivity index (χ0n) is 10.3. The maximum absolute atomic E-state index is 9.02. The van der Waals surface area contributed by atoms with E-state index < -0.39 is 0 Å². The molecule has 3 rings (SSSR count). The number of aromatic nitrogens is 2. The third-order valence-corrected chi connectivity index (χ3v) is 3.80. The molecule has 3 nitrogen and oxygen atoms in total. The molecule has 0 bridgehead atoms. The van der Waals surface area contributed by atoms with Crippen LogP contribution in [-0.4, -0.2) is 9.55 Å². The summed E-state index contributed by atoms with van der Waals surface area (Å²) in [7, 11) is 0. The molecule has 0 amide bonds. The maximum Gasteiger partial charge on any atom is 0.142 e. The van der Waals surface area contributed by atoms with Gasteiger partial charge in [-0.2, -0.15) is 5.26 Å². The molecule has 1 heterocycles. The number of hydrogen-bond acceptors (Lipinski definition) is 2. The first-order valence-corrected chi connectivity index (χ1v) is 6.74. The Bertz CT molecular complexity index is 831. The van der Waals surface area contributed by atoms with Gasteiger partial charge >= 0.3 is 0 Å². The fourth-order valence-corrected chi connectivity index (χ4v) is 2.46. The van der Waals surface area contributed by atoms with Crippen molar-refractivity contribution in [1.29, 1.82) is 5.26 Å². The summed E-state index contributed by atoms with van der Waals surface area (Å²) in [4.78, 5) is 4.58. The number of hydrogen-bond donors (Lipinski definition) is 0. The zero-order chi connectivity index (χ0) is 14.1. The quantitative estimate of drug-likeness (QED) is 0.697. The van der Waals surface area contributed by atoms with Gasteiger partial charge in [0.25, 0.3) is 0 Å². The molecular formula is C15H9Cl2N3. The topological polar surface area (TPSA) is 41.6 Å². The lowest BCUT2D eigenvalue weighted by Gasteiger charge is -2.05. The molecule has 0 fully saturated rings. The Balaban J connectivity index is 2.27. The fraction of sp³-hybridized carbons (Fsp3) is 0.0667. The molecule has 0 spiro atoms. The molecule has 0 radical (unpaired) electrons. The largest absolute Gasteiger partial charge is 0.310 e. The van der Waals surface area contributed by atoms with Crippen molar-refractivity contribution in [1.82, 2.24) is 9.55 Å². The van der Waals surface area contributed by atoms with Gasteiger partial charge in [-0.05, 0) is 30.3 Å². The van der Waals surface area contributed by atoms with Gasteiger partial charge in [-0.1, -0.05) is 35.3 Å². The lowest BCUT2D eigenvalue weighted by atomic mass is 10.2. The molecule has 0 N–H and O–H groups in total. The van der Waals surface area contributed by atoms with E-state index in [-0.39, 0.29) is 6.54 Å². The summed E-state index contributed by atoms with van der Waals surface area (Å²) in [5.41, 5.74) is 2.62. The smallest absolute Gasteiger partial charge is 0.142 e. The lowest BCUT2D eigenvalue weighted by Crippen LogP contribution is -1.98. The van der Waals surface area contributed by atoms with Gasteiger partial charge in [0.15, 0.2) is 0 Å². The first kappa shape index (κ1) is 13.0.